The lowest BCUT2D eigenvalue weighted by molar-refractivity contribution is 0.112. The van der Waals surface area contributed by atoms with Gasteiger partial charge in [0.25, 0.3) is 0 Å². The molecule has 0 N–H and O–H groups in total. The molecule has 0 aliphatic heterocycles. The number of aldehydes is 1. The lowest BCUT2D eigenvalue weighted by Crippen LogP contribution is -2.17. The van der Waals surface area contributed by atoms with Crippen LogP contribution < -0.4 is 4.90 Å². The van der Waals surface area contributed by atoms with Crippen molar-refractivity contribution in [1.29, 1.82) is 0 Å². The van der Waals surface area contributed by atoms with Crippen molar-refractivity contribution >= 4 is 22.8 Å². The van der Waals surface area contributed by atoms with E-state index in [1.807, 2.05) is 7.05 Å². The Hall–Kier alpha value is -0.900. The Kier molecular flexibility index (Phi) is 3.05. The zero-order valence-corrected chi connectivity index (χ0v) is 10.0. The summed E-state index contributed by atoms with van der Waals surface area (Å²) in [6, 6.07) is 0. The summed E-state index contributed by atoms with van der Waals surface area (Å²) in [5.74, 6) is 0.560. The predicted molar refractivity (Wildman–Crippen MR) is 63.0 cm³/mol. The van der Waals surface area contributed by atoms with E-state index >= 15 is 0 Å². The van der Waals surface area contributed by atoms with Crippen molar-refractivity contribution in [3.63, 3.8) is 0 Å². The Morgan fingerprint density at radius 1 is 1.60 bits per heavy atom. The summed E-state index contributed by atoms with van der Waals surface area (Å²) in [7, 11) is 2.04. The van der Waals surface area contributed by atoms with Gasteiger partial charge in [0.05, 0.1) is 10.6 Å². The van der Waals surface area contributed by atoms with Gasteiger partial charge in [0.1, 0.15) is 0 Å². The third-order valence-electron chi connectivity index (χ3n) is 2.63. The van der Waals surface area contributed by atoms with Gasteiger partial charge in [-0.25, -0.2) is 4.98 Å². The zero-order chi connectivity index (χ0) is 10.8. The first-order valence-corrected chi connectivity index (χ1v) is 6.25. The van der Waals surface area contributed by atoms with Gasteiger partial charge in [0, 0.05) is 19.5 Å². The Morgan fingerprint density at radius 3 is 2.87 bits per heavy atom. The van der Waals surface area contributed by atoms with E-state index < -0.39 is 0 Å². The van der Waals surface area contributed by atoms with Crippen molar-refractivity contribution in [1.82, 2.24) is 4.98 Å². The van der Waals surface area contributed by atoms with E-state index in [-0.39, 0.29) is 0 Å². The van der Waals surface area contributed by atoms with Crippen LogP contribution in [0.5, 0.6) is 0 Å². The average molecular weight is 224 g/mol. The van der Waals surface area contributed by atoms with E-state index in [1.54, 1.807) is 0 Å². The molecular formula is C11H16N2OS. The molecule has 0 atom stereocenters. The van der Waals surface area contributed by atoms with Crippen molar-refractivity contribution in [2.75, 3.05) is 18.5 Å². The fourth-order valence-corrected chi connectivity index (χ4v) is 2.61. The highest BCUT2D eigenvalue weighted by atomic mass is 32.1. The van der Waals surface area contributed by atoms with Gasteiger partial charge in [-0.2, -0.15) is 0 Å². The first-order valence-electron chi connectivity index (χ1n) is 5.43. The highest BCUT2D eigenvalue weighted by Gasteiger charge is 2.29. The summed E-state index contributed by atoms with van der Waals surface area (Å²) < 4.78 is 0. The molecule has 2 rings (SSSR count). The number of thiazole rings is 1. The molecule has 1 fully saturated rings. The number of rotatable bonds is 5. The molecular weight excluding hydrogens is 208 g/mol. The summed E-state index contributed by atoms with van der Waals surface area (Å²) >= 11 is 1.52. The summed E-state index contributed by atoms with van der Waals surface area (Å²) in [5, 5.41) is 0.987. The van der Waals surface area contributed by atoms with Crippen LogP contribution in [-0.2, 0) is 0 Å². The molecule has 0 spiro atoms. The van der Waals surface area contributed by atoms with E-state index in [0.717, 1.165) is 35.0 Å². The topological polar surface area (TPSA) is 33.2 Å². The second kappa shape index (κ2) is 4.31. The first-order chi connectivity index (χ1) is 7.26. The van der Waals surface area contributed by atoms with Crippen LogP contribution in [0.25, 0.3) is 0 Å². The van der Waals surface area contributed by atoms with Gasteiger partial charge in [-0.05, 0) is 19.3 Å². The molecule has 4 heteroatoms. The third kappa shape index (κ3) is 2.20. The van der Waals surface area contributed by atoms with Crippen molar-refractivity contribution in [3.8, 4) is 0 Å². The largest absolute Gasteiger partial charge is 0.351 e. The van der Waals surface area contributed by atoms with Crippen LogP contribution in [0.2, 0.25) is 0 Å². The molecule has 15 heavy (non-hydrogen) atoms. The first kappa shape index (κ1) is 10.6. The van der Waals surface area contributed by atoms with Crippen LogP contribution in [0.4, 0.5) is 5.13 Å². The minimum absolute atomic E-state index is 0.560. The number of hydrogen-bond acceptors (Lipinski definition) is 4. The SMILES string of the molecule is CCCN(C)c1nc(C2CC2)c(C=O)s1. The maximum Gasteiger partial charge on any atom is 0.185 e. The number of carbonyl (C=O) groups is 1. The summed E-state index contributed by atoms with van der Waals surface area (Å²) in [6.07, 6.45) is 4.45. The quantitative estimate of drug-likeness (QED) is 0.721. The second-order valence-corrected chi connectivity index (χ2v) is 5.07. The highest BCUT2D eigenvalue weighted by Crippen LogP contribution is 2.43. The van der Waals surface area contributed by atoms with Crippen molar-refractivity contribution < 1.29 is 4.79 Å². The lowest BCUT2D eigenvalue weighted by atomic mass is 10.3. The number of anilines is 1. The van der Waals surface area contributed by atoms with Gasteiger partial charge < -0.3 is 4.90 Å². The van der Waals surface area contributed by atoms with Crippen LogP contribution in [0.1, 0.15) is 47.5 Å². The Bertz CT molecular complexity index is 357. The van der Waals surface area contributed by atoms with E-state index in [4.69, 9.17) is 0 Å². The monoisotopic (exact) mass is 224 g/mol. The molecule has 1 aromatic heterocycles. The molecule has 0 aromatic carbocycles. The van der Waals surface area contributed by atoms with Gasteiger partial charge in [-0.15, -0.1) is 0 Å². The molecule has 82 valence electrons. The van der Waals surface area contributed by atoms with Crippen LogP contribution >= 0.6 is 11.3 Å². The number of hydrogen-bond donors (Lipinski definition) is 0. The normalized spacial score (nSPS) is 15.3. The molecule has 0 bridgehead atoms. The molecule has 1 aliphatic carbocycles. The molecule has 0 amide bonds. The molecule has 0 saturated heterocycles. The summed E-state index contributed by atoms with van der Waals surface area (Å²) in [6.45, 7) is 3.14. The zero-order valence-electron chi connectivity index (χ0n) is 9.19. The molecule has 0 radical (unpaired) electrons. The number of aromatic nitrogens is 1. The fraction of sp³-hybridized carbons (Fsp3) is 0.636. The lowest BCUT2D eigenvalue weighted by Gasteiger charge is -2.13. The minimum atomic E-state index is 0.560. The van der Waals surface area contributed by atoms with E-state index in [1.165, 1.54) is 24.2 Å². The molecule has 1 heterocycles. The van der Waals surface area contributed by atoms with Crippen LogP contribution in [0, 0.1) is 0 Å². The second-order valence-electron chi connectivity index (χ2n) is 4.06. The Morgan fingerprint density at radius 2 is 2.33 bits per heavy atom. The van der Waals surface area contributed by atoms with Crippen LogP contribution in [0.3, 0.4) is 0 Å². The predicted octanol–water partition coefficient (Wildman–Crippen LogP) is 2.68. The number of carbonyl (C=O) groups excluding carboxylic acids is 1. The molecule has 3 nitrogen and oxygen atoms in total. The number of nitrogens with zero attached hydrogens (tertiary/aromatic N) is 2. The van der Waals surface area contributed by atoms with E-state index in [9.17, 15) is 4.79 Å². The van der Waals surface area contributed by atoms with Gasteiger partial charge in [0.2, 0.25) is 0 Å². The van der Waals surface area contributed by atoms with Gasteiger partial charge in [-0.3, -0.25) is 4.79 Å². The third-order valence-corrected chi connectivity index (χ3v) is 3.74. The summed E-state index contributed by atoms with van der Waals surface area (Å²) in [5.41, 5.74) is 1.04. The van der Waals surface area contributed by atoms with Crippen LogP contribution in [-0.4, -0.2) is 24.9 Å². The molecule has 0 unspecified atom stereocenters. The molecule has 1 aliphatic rings. The van der Waals surface area contributed by atoms with Crippen molar-refractivity contribution in [2.45, 2.75) is 32.1 Å². The fourth-order valence-electron chi connectivity index (χ4n) is 1.66. The maximum atomic E-state index is 10.9. The van der Waals surface area contributed by atoms with Crippen molar-refractivity contribution in [3.05, 3.63) is 10.6 Å². The molecule has 1 aromatic rings. The van der Waals surface area contributed by atoms with Crippen LogP contribution in [0.15, 0.2) is 0 Å². The Labute approximate surface area is 94.1 Å². The van der Waals surface area contributed by atoms with Gasteiger partial charge >= 0.3 is 0 Å². The molecule has 1 saturated carbocycles. The average Bonchev–Trinajstić information content (AvgIpc) is 2.98. The van der Waals surface area contributed by atoms with E-state index in [0.29, 0.717) is 5.92 Å². The van der Waals surface area contributed by atoms with Crippen molar-refractivity contribution in [2.24, 2.45) is 0 Å². The summed E-state index contributed by atoms with van der Waals surface area (Å²) in [4.78, 5) is 18.4. The highest BCUT2D eigenvalue weighted by molar-refractivity contribution is 7.17. The standard InChI is InChI=1S/C11H16N2OS/c1-3-6-13(2)11-12-10(8-4-5-8)9(7-14)15-11/h7-8H,3-6H2,1-2H3. The minimum Gasteiger partial charge on any atom is -0.351 e. The smallest absolute Gasteiger partial charge is 0.185 e. The maximum absolute atomic E-state index is 10.9. The van der Waals surface area contributed by atoms with Gasteiger partial charge in [0.15, 0.2) is 11.4 Å². The Balaban J connectivity index is 2.21. The van der Waals surface area contributed by atoms with E-state index in [2.05, 4.69) is 16.8 Å². The van der Waals surface area contributed by atoms with Gasteiger partial charge in [-0.1, -0.05) is 18.3 Å².